The van der Waals surface area contributed by atoms with Gasteiger partial charge in [-0.1, -0.05) is 18.5 Å². The van der Waals surface area contributed by atoms with Crippen LogP contribution in [0, 0.1) is 6.92 Å². The molecule has 2 atom stereocenters. The van der Waals surface area contributed by atoms with E-state index in [1.54, 1.807) is 11.5 Å². The van der Waals surface area contributed by atoms with Gasteiger partial charge < -0.3 is 24.8 Å². The van der Waals surface area contributed by atoms with Gasteiger partial charge >= 0.3 is 6.18 Å². The summed E-state index contributed by atoms with van der Waals surface area (Å²) in [4.78, 5) is 38.3. The molecule has 1 aromatic carbocycles. The summed E-state index contributed by atoms with van der Waals surface area (Å²) in [5.74, 6) is -0.330. The van der Waals surface area contributed by atoms with Crippen LogP contribution in [0.3, 0.4) is 0 Å². The van der Waals surface area contributed by atoms with Crippen LogP contribution in [0.25, 0.3) is 11.2 Å². The molecule has 2 unspecified atom stereocenters. The maximum atomic E-state index is 13.9. The van der Waals surface area contributed by atoms with Crippen LogP contribution >= 0.6 is 11.6 Å². The first kappa shape index (κ1) is 27.2. The van der Waals surface area contributed by atoms with Gasteiger partial charge in [-0.05, 0) is 44.4 Å². The number of halogens is 4. The third kappa shape index (κ3) is 4.91. The van der Waals surface area contributed by atoms with Crippen LogP contribution in [-0.2, 0) is 23.9 Å². The summed E-state index contributed by atoms with van der Waals surface area (Å²) in [5.41, 5.74) is 0.728. The SMILES string of the molecule is CCc1c(N2CCNC3CCC32)c(=O)c2nc(OC)c(C)nc2n1CC(=O)Nc1ccc(C(F)(F)F)cc1Cl. The number of aryl methyl sites for hydroxylation is 1. The molecule has 3 heterocycles. The number of fused-ring (bicyclic) bond motifs is 2. The molecule has 2 aromatic heterocycles. The highest BCUT2D eigenvalue weighted by Gasteiger charge is 2.40. The lowest BCUT2D eigenvalue weighted by Crippen LogP contribution is -2.64. The Balaban J connectivity index is 1.59. The molecule has 13 heteroatoms. The Labute approximate surface area is 227 Å². The molecule has 0 bridgehead atoms. The van der Waals surface area contributed by atoms with Gasteiger partial charge in [0.2, 0.25) is 17.2 Å². The zero-order valence-corrected chi connectivity index (χ0v) is 22.4. The molecule has 2 N–H and O–H groups in total. The maximum absolute atomic E-state index is 13.9. The molecule has 1 aliphatic heterocycles. The van der Waals surface area contributed by atoms with Gasteiger partial charge in [0.05, 0.1) is 23.4 Å². The number of rotatable bonds is 6. The van der Waals surface area contributed by atoms with E-state index in [1.807, 2.05) is 6.92 Å². The second-order valence-corrected chi connectivity index (χ2v) is 10.1. The van der Waals surface area contributed by atoms with Gasteiger partial charge in [0.25, 0.3) is 0 Å². The lowest BCUT2D eigenvalue weighted by molar-refractivity contribution is -0.137. The molecule has 0 spiro atoms. The van der Waals surface area contributed by atoms with Crippen LogP contribution in [0.1, 0.15) is 36.7 Å². The third-order valence-corrected chi connectivity index (χ3v) is 7.69. The quantitative estimate of drug-likeness (QED) is 0.468. The van der Waals surface area contributed by atoms with Crippen LogP contribution in [0.2, 0.25) is 5.02 Å². The fourth-order valence-electron chi connectivity index (χ4n) is 5.38. The minimum absolute atomic E-state index is 0.0432. The Morgan fingerprint density at radius 3 is 2.67 bits per heavy atom. The second-order valence-electron chi connectivity index (χ2n) is 9.69. The lowest BCUT2D eigenvalue weighted by atomic mass is 9.83. The Kier molecular flexibility index (Phi) is 7.19. The zero-order valence-electron chi connectivity index (χ0n) is 21.7. The van der Waals surface area contributed by atoms with Gasteiger partial charge in [-0.25, -0.2) is 9.97 Å². The molecule has 3 aromatic rings. The topological polar surface area (TPSA) is 101 Å². The lowest BCUT2D eigenvalue weighted by Gasteiger charge is -2.50. The number of hydrogen-bond acceptors (Lipinski definition) is 7. The van der Waals surface area contributed by atoms with E-state index in [2.05, 4.69) is 25.5 Å². The predicted octanol–water partition coefficient (Wildman–Crippen LogP) is 3.92. The predicted molar refractivity (Wildman–Crippen MR) is 142 cm³/mol. The number of nitrogens with one attached hydrogen (secondary N) is 2. The molecule has 0 radical (unpaired) electrons. The van der Waals surface area contributed by atoms with Gasteiger partial charge in [0.1, 0.15) is 17.9 Å². The molecule has 5 rings (SSSR count). The third-order valence-electron chi connectivity index (χ3n) is 7.38. The molecular formula is C26H28ClF3N6O3. The molecular weight excluding hydrogens is 537 g/mol. The smallest absolute Gasteiger partial charge is 0.416 e. The molecule has 9 nitrogen and oxygen atoms in total. The van der Waals surface area contributed by atoms with Crippen LogP contribution in [0.5, 0.6) is 5.88 Å². The van der Waals surface area contributed by atoms with E-state index in [9.17, 15) is 22.8 Å². The van der Waals surface area contributed by atoms with Crippen molar-refractivity contribution in [1.82, 2.24) is 19.9 Å². The number of carbonyl (C=O) groups excluding carboxylic acids is 1. The number of hydrogen-bond donors (Lipinski definition) is 2. The van der Waals surface area contributed by atoms with Crippen molar-refractivity contribution in [2.75, 3.05) is 30.4 Å². The largest absolute Gasteiger partial charge is 0.480 e. The fraction of sp³-hybridized carbons (Fsp3) is 0.462. The number of methoxy groups -OCH3 is 1. The monoisotopic (exact) mass is 564 g/mol. The molecule has 39 heavy (non-hydrogen) atoms. The maximum Gasteiger partial charge on any atom is 0.416 e. The molecule has 1 amide bonds. The molecule has 1 aliphatic carbocycles. The number of anilines is 2. The van der Waals surface area contributed by atoms with Gasteiger partial charge in [0, 0.05) is 30.9 Å². The van der Waals surface area contributed by atoms with E-state index in [0.717, 1.165) is 37.6 Å². The molecule has 2 fully saturated rings. The number of alkyl halides is 3. The number of ether oxygens (including phenoxy) is 1. The van der Waals surface area contributed by atoms with E-state index in [0.29, 0.717) is 30.0 Å². The minimum atomic E-state index is -4.56. The van der Waals surface area contributed by atoms with Crippen molar-refractivity contribution in [2.24, 2.45) is 0 Å². The standard InChI is InChI=1S/C26H28ClF3N6O3/c1-4-18-22(35-10-9-31-17-7-8-19(17)35)23(38)21-24(32-13(2)25(34-21)39-3)36(18)12-20(37)33-16-6-5-14(11-15(16)27)26(28,29)30/h5-6,11,17,19,31H,4,7-10,12H2,1-3H3,(H,33,37). The summed E-state index contributed by atoms with van der Waals surface area (Å²) in [6.45, 7) is 4.67. The fourth-order valence-corrected chi connectivity index (χ4v) is 5.61. The van der Waals surface area contributed by atoms with Crippen molar-refractivity contribution in [3.63, 3.8) is 0 Å². The highest BCUT2D eigenvalue weighted by atomic mass is 35.5. The Morgan fingerprint density at radius 2 is 2.05 bits per heavy atom. The number of pyridine rings is 1. The molecule has 2 aliphatic rings. The van der Waals surface area contributed by atoms with Crippen LogP contribution < -0.4 is 25.7 Å². The van der Waals surface area contributed by atoms with E-state index in [4.69, 9.17) is 16.3 Å². The van der Waals surface area contributed by atoms with Crippen LogP contribution in [0.4, 0.5) is 24.5 Å². The molecule has 1 saturated carbocycles. The van der Waals surface area contributed by atoms with Crippen molar-refractivity contribution >= 4 is 40.0 Å². The normalized spacial score (nSPS) is 19.0. The van der Waals surface area contributed by atoms with E-state index in [-0.39, 0.29) is 51.8 Å². The number of piperazine rings is 1. The van der Waals surface area contributed by atoms with Crippen molar-refractivity contribution in [3.05, 3.63) is 50.4 Å². The summed E-state index contributed by atoms with van der Waals surface area (Å²) < 4.78 is 46.1. The van der Waals surface area contributed by atoms with E-state index < -0.39 is 17.6 Å². The highest BCUT2D eigenvalue weighted by molar-refractivity contribution is 6.33. The summed E-state index contributed by atoms with van der Waals surface area (Å²) in [6.07, 6.45) is -2.17. The first-order valence-corrected chi connectivity index (χ1v) is 13.1. The molecule has 1 saturated heterocycles. The average Bonchev–Trinajstić information content (AvgIpc) is 2.86. The summed E-state index contributed by atoms with van der Waals surface area (Å²) in [5, 5.41) is 5.84. The van der Waals surface area contributed by atoms with Gasteiger partial charge in [-0.3, -0.25) is 9.59 Å². The second kappa shape index (κ2) is 10.3. The van der Waals surface area contributed by atoms with Crippen molar-refractivity contribution in [2.45, 2.75) is 57.9 Å². The molecule has 208 valence electrons. The number of amides is 1. The van der Waals surface area contributed by atoms with Gasteiger partial charge in [-0.15, -0.1) is 0 Å². The van der Waals surface area contributed by atoms with Crippen molar-refractivity contribution in [1.29, 1.82) is 0 Å². The summed E-state index contributed by atoms with van der Waals surface area (Å²) in [7, 11) is 1.44. The Morgan fingerprint density at radius 1 is 1.28 bits per heavy atom. The first-order valence-electron chi connectivity index (χ1n) is 12.7. The number of aromatic nitrogens is 3. The Bertz CT molecular complexity index is 1510. The zero-order chi connectivity index (χ0) is 28.1. The van der Waals surface area contributed by atoms with E-state index >= 15 is 0 Å². The first-order chi connectivity index (χ1) is 18.5. The Hall–Kier alpha value is -3.38. The number of benzene rings is 1. The number of carbonyl (C=O) groups is 1. The highest BCUT2D eigenvalue weighted by Crippen LogP contribution is 2.35. The average molecular weight is 565 g/mol. The minimum Gasteiger partial charge on any atom is -0.480 e. The van der Waals surface area contributed by atoms with Gasteiger partial charge in [-0.2, -0.15) is 13.2 Å². The summed E-state index contributed by atoms with van der Waals surface area (Å²) in [6, 6.07) is 3.18. The van der Waals surface area contributed by atoms with E-state index in [1.165, 1.54) is 7.11 Å². The van der Waals surface area contributed by atoms with Crippen LogP contribution in [-0.4, -0.2) is 52.7 Å². The van der Waals surface area contributed by atoms with Crippen molar-refractivity contribution in [3.8, 4) is 5.88 Å². The van der Waals surface area contributed by atoms with Gasteiger partial charge in [0.15, 0.2) is 11.2 Å². The number of nitrogens with zero attached hydrogens (tertiary/aromatic N) is 4. The van der Waals surface area contributed by atoms with Crippen LogP contribution in [0.15, 0.2) is 23.0 Å². The summed E-state index contributed by atoms with van der Waals surface area (Å²) >= 11 is 6.06. The van der Waals surface area contributed by atoms with Crippen molar-refractivity contribution < 1.29 is 22.7 Å².